The van der Waals surface area contributed by atoms with Crippen molar-refractivity contribution in [1.29, 1.82) is 0 Å². The van der Waals surface area contributed by atoms with Gasteiger partial charge in [-0.25, -0.2) is 4.79 Å². The van der Waals surface area contributed by atoms with Gasteiger partial charge < -0.3 is 9.47 Å². The van der Waals surface area contributed by atoms with Gasteiger partial charge in [-0.15, -0.1) is 0 Å². The minimum absolute atomic E-state index is 0.323. The molecule has 1 rings (SSSR count). The molecule has 1 fully saturated rings. The highest BCUT2D eigenvalue weighted by molar-refractivity contribution is 5.67. The first-order valence-electron chi connectivity index (χ1n) is 6.42. The van der Waals surface area contributed by atoms with Crippen molar-refractivity contribution in [3.8, 4) is 0 Å². The lowest BCUT2D eigenvalue weighted by atomic mass is 10.0. The van der Waals surface area contributed by atoms with Gasteiger partial charge in [0, 0.05) is 0 Å². The van der Waals surface area contributed by atoms with Gasteiger partial charge in [-0.1, -0.05) is 36.0 Å². The fraction of sp³-hybridized carbons (Fsp3) is 0.438. The molecule has 0 amide bonds. The van der Waals surface area contributed by atoms with E-state index in [1.807, 2.05) is 12.2 Å². The minimum atomic E-state index is -0.853. The maximum Gasteiger partial charge on any atom is 0.514 e. The summed E-state index contributed by atoms with van der Waals surface area (Å²) >= 11 is 0. The molecule has 0 radical (unpaired) electrons. The number of carbonyl (C=O) groups is 1. The number of rotatable bonds is 5. The molecular weight excluding hydrogens is 240 g/mol. The molecule has 0 aromatic rings. The SMILES string of the molecule is C=C1OC(=O)OC1(C)/C=C/C=C(\C)CCC=C(C)C. The van der Waals surface area contributed by atoms with Crippen LogP contribution in [0.4, 0.5) is 4.79 Å². The third-order valence-corrected chi connectivity index (χ3v) is 2.94. The molecule has 0 bridgehead atoms. The van der Waals surface area contributed by atoms with Crippen LogP contribution in [0.1, 0.15) is 40.5 Å². The van der Waals surface area contributed by atoms with Crippen molar-refractivity contribution in [2.24, 2.45) is 0 Å². The van der Waals surface area contributed by atoms with Gasteiger partial charge in [-0.3, -0.25) is 0 Å². The van der Waals surface area contributed by atoms with Crippen molar-refractivity contribution >= 4 is 6.16 Å². The molecule has 1 aliphatic rings. The Balaban J connectivity index is 2.55. The van der Waals surface area contributed by atoms with E-state index in [2.05, 4.69) is 33.4 Å². The normalized spacial score (nSPS) is 23.5. The van der Waals surface area contributed by atoms with E-state index < -0.39 is 11.8 Å². The van der Waals surface area contributed by atoms with Crippen LogP contribution in [0.25, 0.3) is 0 Å². The number of carbonyl (C=O) groups excluding carboxylic acids is 1. The summed E-state index contributed by atoms with van der Waals surface area (Å²) in [4.78, 5) is 11.0. The summed E-state index contributed by atoms with van der Waals surface area (Å²) < 4.78 is 9.86. The summed E-state index contributed by atoms with van der Waals surface area (Å²) in [6, 6.07) is 0. The fourth-order valence-electron chi connectivity index (χ4n) is 1.65. The topological polar surface area (TPSA) is 35.5 Å². The Morgan fingerprint density at radius 2 is 2.05 bits per heavy atom. The van der Waals surface area contributed by atoms with Crippen LogP contribution in [0.5, 0.6) is 0 Å². The van der Waals surface area contributed by atoms with Crippen molar-refractivity contribution in [2.45, 2.75) is 46.1 Å². The van der Waals surface area contributed by atoms with Crippen LogP contribution >= 0.6 is 0 Å². The maximum absolute atomic E-state index is 11.0. The molecule has 1 heterocycles. The second-order valence-electron chi connectivity index (χ2n) is 5.18. The van der Waals surface area contributed by atoms with Crippen LogP contribution in [0.15, 0.2) is 47.8 Å². The summed E-state index contributed by atoms with van der Waals surface area (Å²) in [5, 5.41) is 0. The minimum Gasteiger partial charge on any atom is -0.415 e. The molecule has 19 heavy (non-hydrogen) atoms. The molecule has 1 unspecified atom stereocenters. The number of hydrogen-bond donors (Lipinski definition) is 0. The van der Waals surface area contributed by atoms with Crippen LogP contribution < -0.4 is 0 Å². The lowest BCUT2D eigenvalue weighted by molar-refractivity contribution is 0.100. The maximum atomic E-state index is 11.0. The Hall–Kier alpha value is -1.77. The fourth-order valence-corrected chi connectivity index (χ4v) is 1.65. The molecule has 0 aliphatic carbocycles. The lowest BCUT2D eigenvalue weighted by Gasteiger charge is -2.14. The van der Waals surface area contributed by atoms with Gasteiger partial charge in [-0.2, -0.15) is 0 Å². The van der Waals surface area contributed by atoms with E-state index in [1.54, 1.807) is 13.0 Å². The first kappa shape index (κ1) is 15.3. The average molecular weight is 262 g/mol. The standard InChI is InChI=1S/C16H22O3/c1-12(2)8-6-9-13(3)10-7-11-16(5)14(4)18-15(17)19-16/h7-8,10-11H,4,6,9H2,1-3,5H3/b11-7+,13-10+. The molecule has 3 heteroatoms. The Morgan fingerprint density at radius 3 is 2.58 bits per heavy atom. The zero-order chi connectivity index (χ0) is 14.5. The molecule has 0 N–H and O–H groups in total. The molecule has 104 valence electrons. The van der Waals surface area contributed by atoms with Gasteiger partial charge in [0.25, 0.3) is 0 Å². The number of allylic oxidation sites excluding steroid dienone is 5. The van der Waals surface area contributed by atoms with E-state index in [0.29, 0.717) is 5.76 Å². The van der Waals surface area contributed by atoms with Gasteiger partial charge in [-0.05, 0) is 46.6 Å². The molecule has 1 aliphatic heterocycles. The van der Waals surface area contributed by atoms with Crippen molar-refractivity contribution in [1.82, 2.24) is 0 Å². The Bertz CT molecular complexity index is 451. The molecule has 0 aromatic carbocycles. The summed E-state index contributed by atoms with van der Waals surface area (Å²) in [5.74, 6) is 0.323. The summed E-state index contributed by atoms with van der Waals surface area (Å²) in [5.41, 5.74) is 1.75. The third kappa shape index (κ3) is 4.78. The van der Waals surface area contributed by atoms with Crippen LogP contribution in [-0.4, -0.2) is 11.8 Å². The second-order valence-corrected chi connectivity index (χ2v) is 5.18. The van der Waals surface area contributed by atoms with Crippen LogP contribution in [0.2, 0.25) is 0 Å². The molecular formula is C16H22O3. The Morgan fingerprint density at radius 1 is 1.37 bits per heavy atom. The van der Waals surface area contributed by atoms with E-state index in [9.17, 15) is 4.79 Å². The number of hydrogen-bond acceptors (Lipinski definition) is 3. The number of ether oxygens (including phenoxy) is 2. The predicted molar refractivity (Wildman–Crippen MR) is 76.7 cm³/mol. The van der Waals surface area contributed by atoms with Gasteiger partial charge in [0.15, 0.2) is 11.4 Å². The van der Waals surface area contributed by atoms with Crippen molar-refractivity contribution in [2.75, 3.05) is 0 Å². The third-order valence-electron chi connectivity index (χ3n) is 2.94. The van der Waals surface area contributed by atoms with Gasteiger partial charge in [0.05, 0.1) is 0 Å². The quantitative estimate of drug-likeness (QED) is 0.410. The summed E-state index contributed by atoms with van der Waals surface area (Å²) in [6.45, 7) is 11.7. The first-order chi connectivity index (χ1) is 8.83. The van der Waals surface area contributed by atoms with Gasteiger partial charge in [0.2, 0.25) is 0 Å². The second kappa shape index (κ2) is 6.41. The van der Waals surface area contributed by atoms with Crippen LogP contribution in [0.3, 0.4) is 0 Å². The zero-order valence-electron chi connectivity index (χ0n) is 12.2. The molecule has 0 aromatic heterocycles. The Labute approximate surface area is 115 Å². The number of cyclic esters (lactones) is 2. The van der Waals surface area contributed by atoms with Crippen molar-refractivity contribution in [3.05, 3.63) is 47.8 Å². The van der Waals surface area contributed by atoms with Crippen molar-refractivity contribution < 1.29 is 14.3 Å². The predicted octanol–water partition coefficient (Wildman–Crippen LogP) is 4.67. The molecule has 0 saturated carbocycles. The van der Waals surface area contributed by atoms with E-state index in [-0.39, 0.29) is 0 Å². The van der Waals surface area contributed by atoms with E-state index in [1.165, 1.54) is 11.1 Å². The molecule has 1 atom stereocenters. The molecule has 0 spiro atoms. The summed E-state index contributed by atoms with van der Waals surface area (Å²) in [6.07, 6.45) is 9.27. The van der Waals surface area contributed by atoms with Gasteiger partial charge in [0.1, 0.15) is 0 Å². The van der Waals surface area contributed by atoms with Crippen LogP contribution in [-0.2, 0) is 9.47 Å². The highest BCUT2D eigenvalue weighted by atomic mass is 16.8. The Kier molecular flexibility index (Phi) is 5.16. The summed E-state index contributed by atoms with van der Waals surface area (Å²) in [7, 11) is 0. The average Bonchev–Trinajstić information content (AvgIpc) is 2.52. The van der Waals surface area contributed by atoms with E-state index in [4.69, 9.17) is 9.47 Å². The smallest absolute Gasteiger partial charge is 0.415 e. The largest absolute Gasteiger partial charge is 0.514 e. The molecule has 1 saturated heterocycles. The highest BCUT2D eigenvalue weighted by Crippen LogP contribution is 2.30. The van der Waals surface area contributed by atoms with E-state index >= 15 is 0 Å². The van der Waals surface area contributed by atoms with E-state index in [0.717, 1.165) is 12.8 Å². The van der Waals surface area contributed by atoms with Crippen molar-refractivity contribution in [3.63, 3.8) is 0 Å². The monoisotopic (exact) mass is 262 g/mol. The highest BCUT2D eigenvalue weighted by Gasteiger charge is 2.39. The van der Waals surface area contributed by atoms with Gasteiger partial charge >= 0.3 is 6.16 Å². The lowest BCUT2D eigenvalue weighted by Crippen LogP contribution is -2.21. The van der Waals surface area contributed by atoms with Crippen LogP contribution in [0, 0.1) is 0 Å². The molecule has 3 nitrogen and oxygen atoms in total. The first-order valence-corrected chi connectivity index (χ1v) is 6.42. The zero-order valence-corrected chi connectivity index (χ0v) is 12.2.